The molecule has 100 valence electrons. The first-order valence-corrected chi connectivity index (χ1v) is 7.66. The zero-order chi connectivity index (χ0) is 13.4. The molecular formula is C16H17BrO2. The number of fused-ring (bicyclic) bond motifs is 1. The topological polar surface area (TPSA) is 30.2 Å². The van der Waals surface area contributed by atoms with Crippen LogP contribution >= 0.6 is 15.9 Å². The van der Waals surface area contributed by atoms with Crippen LogP contribution in [0.5, 0.6) is 0 Å². The molecule has 0 aliphatic heterocycles. The quantitative estimate of drug-likeness (QED) is 0.711. The summed E-state index contributed by atoms with van der Waals surface area (Å²) in [5.41, 5.74) is 0.773. The lowest BCUT2D eigenvalue weighted by molar-refractivity contribution is 0.0841. The second-order valence-electron chi connectivity index (χ2n) is 5.60. The minimum absolute atomic E-state index is 0.142. The fourth-order valence-electron chi connectivity index (χ4n) is 3.02. The molecule has 1 heterocycles. The molecule has 0 amide bonds. The minimum atomic E-state index is 0.142. The van der Waals surface area contributed by atoms with Crippen molar-refractivity contribution >= 4 is 32.7 Å². The van der Waals surface area contributed by atoms with E-state index < -0.39 is 0 Å². The molecule has 1 aliphatic rings. The molecule has 1 aliphatic carbocycles. The molecule has 1 saturated carbocycles. The monoisotopic (exact) mass is 320 g/mol. The van der Waals surface area contributed by atoms with Gasteiger partial charge < -0.3 is 4.42 Å². The number of Topliss-reactive ketones (excluding diaryl/α,β-unsaturated/α-hetero) is 1. The van der Waals surface area contributed by atoms with Crippen molar-refractivity contribution in [1.29, 1.82) is 0 Å². The predicted octanol–water partition coefficient (Wildman–Crippen LogP) is 5.20. The second kappa shape index (κ2) is 5.12. The van der Waals surface area contributed by atoms with Crippen LogP contribution in [0.15, 0.2) is 33.2 Å². The van der Waals surface area contributed by atoms with E-state index >= 15 is 0 Å². The summed E-state index contributed by atoms with van der Waals surface area (Å²) in [5.74, 6) is 1.48. The molecule has 3 rings (SSSR count). The van der Waals surface area contributed by atoms with Crippen LogP contribution in [0.3, 0.4) is 0 Å². The number of furan rings is 1. The van der Waals surface area contributed by atoms with Crippen LogP contribution in [0, 0.1) is 11.8 Å². The van der Waals surface area contributed by atoms with Crippen molar-refractivity contribution in [3.05, 3.63) is 34.5 Å². The van der Waals surface area contributed by atoms with Gasteiger partial charge in [0.05, 0.1) is 4.47 Å². The van der Waals surface area contributed by atoms with Gasteiger partial charge in [0.15, 0.2) is 5.76 Å². The zero-order valence-corrected chi connectivity index (χ0v) is 12.6. The fraction of sp³-hybridized carbons (Fsp3) is 0.438. The summed E-state index contributed by atoms with van der Waals surface area (Å²) in [5, 5.41) is 0.988. The number of rotatable bonds is 2. The molecule has 1 aromatic heterocycles. The SMILES string of the molecule is CC1CCCC(C(=O)c2cc3cccc(Br)c3o2)C1. The van der Waals surface area contributed by atoms with E-state index in [1.54, 1.807) is 0 Å². The largest absolute Gasteiger partial charge is 0.452 e. The highest BCUT2D eigenvalue weighted by Crippen LogP contribution is 2.33. The van der Waals surface area contributed by atoms with Crippen LogP contribution in [0.1, 0.15) is 43.2 Å². The van der Waals surface area contributed by atoms with Crippen molar-refractivity contribution in [3.8, 4) is 0 Å². The van der Waals surface area contributed by atoms with Crippen LogP contribution < -0.4 is 0 Å². The number of benzene rings is 1. The Morgan fingerprint density at radius 2 is 2.21 bits per heavy atom. The highest BCUT2D eigenvalue weighted by Gasteiger charge is 2.28. The summed E-state index contributed by atoms with van der Waals surface area (Å²) < 4.78 is 6.66. The lowest BCUT2D eigenvalue weighted by Crippen LogP contribution is -2.21. The van der Waals surface area contributed by atoms with Gasteiger partial charge in [0.1, 0.15) is 5.58 Å². The van der Waals surface area contributed by atoms with Gasteiger partial charge in [0.25, 0.3) is 0 Å². The van der Waals surface area contributed by atoms with E-state index in [0.717, 1.165) is 34.7 Å². The lowest BCUT2D eigenvalue weighted by Gasteiger charge is -2.24. The maximum absolute atomic E-state index is 12.5. The molecular weight excluding hydrogens is 304 g/mol. The standard InChI is InChI=1S/C16H17BrO2/c1-10-4-2-5-11(8-10)15(18)14-9-12-6-3-7-13(17)16(12)19-14/h3,6-7,9-11H,2,4-5,8H2,1H3. The normalized spacial score (nSPS) is 23.7. The van der Waals surface area contributed by atoms with Gasteiger partial charge in [-0.15, -0.1) is 0 Å². The van der Waals surface area contributed by atoms with E-state index in [-0.39, 0.29) is 11.7 Å². The van der Waals surface area contributed by atoms with Crippen molar-refractivity contribution in [2.45, 2.75) is 32.6 Å². The molecule has 19 heavy (non-hydrogen) atoms. The van der Waals surface area contributed by atoms with Gasteiger partial charge in [-0.1, -0.05) is 31.9 Å². The average Bonchev–Trinajstić information content (AvgIpc) is 2.83. The summed E-state index contributed by atoms with van der Waals surface area (Å²) in [6.07, 6.45) is 4.40. The van der Waals surface area contributed by atoms with Gasteiger partial charge in [-0.25, -0.2) is 0 Å². The molecule has 1 aromatic carbocycles. The highest BCUT2D eigenvalue weighted by molar-refractivity contribution is 9.10. The fourth-order valence-corrected chi connectivity index (χ4v) is 3.48. The van der Waals surface area contributed by atoms with Gasteiger partial charge in [0, 0.05) is 11.3 Å². The third-order valence-electron chi connectivity index (χ3n) is 4.05. The third kappa shape index (κ3) is 2.48. The Bertz CT molecular complexity index is 614. The Morgan fingerprint density at radius 1 is 1.37 bits per heavy atom. The third-order valence-corrected chi connectivity index (χ3v) is 4.67. The van der Waals surface area contributed by atoms with Crippen LogP contribution in [0.4, 0.5) is 0 Å². The first-order chi connectivity index (χ1) is 9.15. The molecule has 2 atom stereocenters. The van der Waals surface area contributed by atoms with Gasteiger partial charge in [-0.05, 0) is 46.8 Å². The Hall–Kier alpha value is -1.09. The number of hydrogen-bond donors (Lipinski definition) is 0. The Morgan fingerprint density at radius 3 is 2.95 bits per heavy atom. The van der Waals surface area contributed by atoms with Crippen molar-refractivity contribution in [2.24, 2.45) is 11.8 Å². The molecule has 2 unspecified atom stereocenters. The maximum atomic E-state index is 12.5. The van der Waals surface area contributed by atoms with Gasteiger partial charge in [-0.3, -0.25) is 4.79 Å². The van der Waals surface area contributed by atoms with E-state index in [0.29, 0.717) is 11.7 Å². The highest BCUT2D eigenvalue weighted by atomic mass is 79.9. The van der Waals surface area contributed by atoms with Gasteiger partial charge in [0.2, 0.25) is 5.78 Å². The van der Waals surface area contributed by atoms with Gasteiger partial charge in [-0.2, -0.15) is 0 Å². The van der Waals surface area contributed by atoms with E-state index in [4.69, 9.17) is 4.42 Å². The molecule has 0 bridgehead atoms. The van der Waals surface area contributed by atoms with E-state index in [2.05, 4.69) is 22.9 Å². The van der Waals surface area contributed by atoms with Crippen LogP contribution in [-0.2, 0) is 0 Å². The number of para-hydroxylation sites is 1. The Kier molecular flexibility index (Phi) is 3.48. The summed E-state index contributed by atoms with van der Waals surface area (Å²) in [4.78, 5) is 12.5. The Labute approximate surface area is 121 Å². The first kappa shape index (κ1) is 12.9. The molecule has 2 aromatic rings. The molecule has 1 fully saturated rings. The van der Waals surface area contributed by atoms with E-state index in [1.807, 2.05) is 24.3 Å². The van der Waals surface area contributed by atoms with Crippen molar-refractivity contribution in [2.75, 3.05) is 0 Å². The number of halogens is 1. The lowest BCUT2D eigenvalue weighted by atomic mass is 9.80. The van der Waals surface area contributed by atoms with E-state index in [9.17, 15) is 4.79 Å². The molecule has 0 saturated heterocycles. The number of carbonyl (C=O) groups is 1. The van der Waals surface area contributed by atoms with Crippen LogP contribution in [0.25, 0.3) is 11.0 Å². The molecule has 3 heteroatoms. The van der Waals surface area contributed by atoms with Gasteiger partial charge >= 0.3 is 0 Å². The molecule has 2 nitrogen and oxygen atoms in total. The predicted molar refractivity (Wildman–Crippen MR) is 79.4 cm³/mol. The summed E-state index contributed by atoms with van der Waals surface area (Å²) in [6.45, 7) is 2.23. The number of ketones is 1. The molecule has 0 spiro atoms. The van der Waals surface area contributed by atoms with Crippen molar-refractivity contribution in [1.82, 2.24) is 0 Å². The summed E-state index contributed by atoms with van der Waals surface area (Å²) >= 11 is 3.46. The zero-order valence-electron chi connectivity index (χ0n) is 11.0. The average molecular weight is 321 g/mol. The molecule has 0 radical (unpaired) electrons. The Balaban J connectivity index is 1.91. The summed E-state index contributed by atoms with van der Waals surface area (Å²) in [7, 11) is 0. The maximum Gasteiger partial charge on any atom is 0.201 e. The minimum Gasteiger partial charge on any atom is -0.452 e. The van der Waals surface area contributed by atoms with Crippen molar-refractivity contribution in [3.63, 3.8) is 0 Å². The number of carbonyl (C=O) groups excluding carboxylic acids is 1. The van der Waals surface area contributed by atoms with Crippen LogP contribution in [0.2, 0.25) is 0 Å². The smallest absolute Gasteiger partial charge is 0.201 e. The molecule has 0 N–H and O–H groups in total. The second-order valence-corrected chi connectivity index (χ2v) is 6.46. The first-order valence-electron chi connectivity index (χ1n) is 6.87. The van der Waals surface area contributed by atoms with Crippen molar-refractivity contribution < 1.29 is 9.21 Å². The van der Waals surface area contributed by atoms with Crippen LogP contribution in [-0.4, -0.2) is 5.78 Å². The summed E-state index contributed by atoms with van der Waals surface area (Å²) in [6, 6.07) is 7.74. The number of hydrogen-bond acceptors (Lipinski definition) is 2. The van der Waals surface area contributed by atoms with E-state index in [1.165, 1.54) is 6.42 Å².